The summed E-state index contributed by atoms with van der Waals surface area (Å²) < 4.78 is 45.0. The molecule has 0 bridgehead atoms. The van der Waals surface area contributed by atoms with Crippen molar-refractivity contribution in [2.75, 3.05) is 20.2 Å². The molecule has 0 spiro atoms. The van der Waals surface area contributed by atoms with Crippen LogP contribution in [0.25, 0.3) is 6.08 Å². The van der Waals surface area contributed by atoms with Gasteiger partial charge in [-0.2, -0.15) is 13.2 Å². The van der Waals surface area contributed by atoms with E-state index in [-0.39, 0.29) is 40.8 Å². The van der Waals surface area contributed by atoms with Gasteiger partial charge in [-0.15, -0.1) is 0 Å². The van der Waals surface area contributed by atoms with Crippen molar-refractivity contribution in [1.82, 2.24) is 4.90 Å². The maximum Gasteiger partial charge on any atom is 0.416 e. The largest absolute Gasteiger partial charge is 0.507 e. The highest BCUT2D eigenvalue weighted by Crippen LogP contribution is 2.50. The molecule has 1 fully saturated rings. The lowest BCUT2D eigenvalue weighted by Crippen LogP contribution is -2.32. The first kappa shape index (κ1) is 21.8. The van der Waals surface area contributed by atoms with Crippen molar-refractivity contribution in [3.8, 4) is 17.2 Å². The maximum absolute atomic E-state index is 13.0. The van der Waals surface area contributed by atoms with E-state index < -0.39 is 17.8 Å². The molecule has 3 atom stereocenters. The highest BCUT2D eigenvalue weighted by atomic mass is 35.5. The van der Waals surface area contributed by atoms with Gasteiger partial charge in [0.05, 0.1) is 17.7 Å². The summed E-state index contributed by atoms with van der Waals surface area (Å²) in [5.74, 6) is -0.363. The molecule has 4 rings (SSSR count). The van der Waals surface area contributed by atoms with Crippen molar-refractivity contribution in [2.24, 2.45) is 0 Å². The fraction of sp³-hybridized carbons (Fsp3) is 0.364. The van der Waals surface area contributed by atoms with Crippen LogP contribution < -0.4 is 4.74 Å². The van der Waals surface area contributed by atoms with Crippen LogP contribution in [-0.2, 0) is 6.18 Å². The number of aliphatic hydroxyl groups is 1. The molecule has 3 unspecified atom stereocenters. The van der Waals surface area contributed by atoms with E-state index in [1.807, 2.05) is 11.9 Å². The van der Waals surface area contributed by atoms with Gasteiger partial charge >= 0.3 is 6.18 Å². The van der Waals surface area contributed by atoms with Gasteiger partial charge in [0.1, 0.15) is 23.4 Å². The van der Waals surface area contributed by atoms with E-state index >= 15 is 0 Å². The highest BCUT2D eigenvalue weighted by Gasteiger charge is 2.38. The Balaban J connectivity index is 1.76. The molecule has 0 aliphatic carbocycles. The minimum atomic E-state index is -4.52. The van der Waals surface area contributed by atoms with Crippen molar-refractivity contribution in [1.29, 1.82) is 0 Å². The number of fused-ring (bicyclic) bond motifs is 1. The average Bonchev–Trinajstić information content (AvgIpc) is 3.07. The third-order valence-electron chi connectivity index (χ3n) is 6.01. The second-order valence-corrected chi connectivity index (χ2v) is 8.24. The summed E-state index contributed by atoms with van der Waals surface area (Å²) in [4.78, 5) is 1.98. The van der Waals surface area contributed by atoms with E-state index in [1.165, 1.54) is 12.1 Å². The van der Waals surface area contributed by atoms with Gasteiger partial charge in [-0.25, -0.2) is 0 Å². The summed E-state index contributed by atoms with van der Waals surface area (Å²) in [6.07, 6.45) is -1.49. The number of likely N-dealkylation sites (N-methyl/N-ethyl adjacent to an activating group) is 1. The van der Waals surface area contributed by atoms with Gasteiger partial charge in [0.25, 0.3) is 0 Å². The van der Waals surface area contributed by atoms with E-state index in [0.29, 0.717) is 29.7 Å². The van der Waals surface area contributed by atoms with Gasteiger partial charge in [-0.1, -0.05) is 17.7 Å². The Morgan fingerprint density at radius 3 is 2.58 bits per heavy atom. The molecule has 0 saturated carbocycles. The summed E-state index contributed by atoms with van der Waals surface area (Å²) in [5, 5.41) is 30.7. The third kappa shape index (κ3) is 3.84. The lowest BCUT2D eigenvalue weighted by molar-refractivity contribution is -0.137. The lowest BCUT2D eigenvalue weighted by Gasteiger charge is -2.30. The zero-order valence-electron chi connectivity index (χ0n) is 16.5. The molecule has 0 radical (unpaired) electrons. The summed E-state index contributed by atoms with van der Waals surface area (Å²) in [6, 6.07) is 4.02. The van der Waals surface area contributed by atoms with Gasteiger partial charge in [0.15, 0.2) is 0 Å². The number of hydrogen-bond acceptors (Lipinski definition) is 5. The van der Waals surface area contributed by atoms with Gasteiger partial charge in [0, 0.05) is 34.2 Å². The standard InChI is InChI=1S/C22H21ClF3NO4/c1-27-7-6-13(16(27)10-28)20-18(30)9-17(29)14-4-5-19(31-21(14)20)12-3-2-11(8-15(12)23)22(24,25)26/h2-5,8-9,13,16,19,28-30H,6-7,10H2,1H3. The number of nitrogens with zero attached hydrogens (tertiary/aromatic N) is 1. The number of aromatic hydroxyl groups is 2. The van der Waals surface area contributed by atoms with Crippen LogP contribution in [0.15, 0.2) is 30.3 Å². The molecule has 0 aromatic heterocycles. The number of ether oxygens (including phenoxy) is 1. The number of benzene rings is 2. The predicted octanol–water partition coefficient (Wildman–Crippen LogP) is 4.70. The Kier molecular flexibility index (Phi) is 5.57. The van der Waals surface area contributed by atoms with Crippen LogP contribution in [0.1, 0.15) is 40.7 Å². The van der Waals surface area contributed by atoms with E-state index in [9.17, 15) is 28.5 Å². The van der Waals surface area contributed by atoms with Gasteiger partial charge in [0.2, 0.25) is 0 Å². The maximum atomic E-state index is 13.0. The summed E-state index contributed by atoms with van der Waals surface area (Å²) in [5.41, 5.74) is 0.275. The fourth-order valence-electron chi connectivity index (χ4n) is 4.37. The van der Waals surface area contributed by atoms with E-state index in [1.54, 1.807) is 12.2 Å². The number of likely N-dealkylation sites (tertiary alicyclic amines) is 1. The van der Waals surface area contributed by atoms with Crippen molar-refractivity contribution < 1.29 is 33.2 Å². The van der Waals surface area contributed by atoms with Crippen LogP contribution in [-0.4, -0.2) is 46.5 Å². The molecule has 1 saturated heterocycles. The lowest BCUT2D eigenvalue weighted by atomic mass is 9.87. The molecule has 5 nitrogen and oxygen atoms in total. The molecule has 2 aliphatic heterocycles. The molecule has 0 amide bonds. The molecule has 2 heterocycles. The summed E-state index contributed by atoms with van der Waals surface area (Å²) >= 11 is 6.14. The molecule has 3 N–H and O–H groups in total. The van der Waals surface area contributed by atoms with E-state index in [4.69, 9.17) is 16.3 Å². The molecule has 9 heteroatoms. The quantitative estimate of drug-likeness (QED) is 0.626. The Bertz CT molecular complexity index is 1040. The van der Waals surface area contributed by atoms with Crippen LogP contribution in [0.5, 0.6) is 17.2 Å². The van der Waals surface area contributed by atoms with E-state index in [2.05, 4.69) is 0 Å². The number of hydrogen-bond donors (Lipinski definition) is 3. The van der Waals surface area contributed by atoms with Crippen molar-refractivity contribution in [2.45, 2.75) is 30.7 Å². The van der Waals surface area contributed by atoms with Crippen molar-refractivity contribution >= 4 is 17.7 Å². The smallest absolute Gasteiger partial charge is 0.416 e. The molecule has 2 aromatic rings. The van der Waals surface area contributed by atoms with Crippen LogP contribution >= 0.6 is 11.6 Å². The second kappa shape index (κ2) is 7.93. The zero-order chi connectivity index (χ0) is 22.5. The Hall–Kier alpha value is -2.42. The van der Waals surface area contributed by atoms with Gasteiger partial charge < -0.3 is 25.0 Å². The minimum Gasteiger partial charge on any atom is -0.507 e. The summed E-state index contributed by atoms with van der Waals surface area (Å²) in [7, 11) is 1.87. The highest BCUT2D eigenvalue weighted by molar-refractivity contribution is 6.31. The molecule has 31 heavy (non-hydrogen) atoms. The Labute approximate surface area is 181 Å². The molecule has 2 aromatic carbocycles. The van der Waals surface area contributed by atoms with Crippen LogP contribution in [0, 0.1) is 0 Å². The first-order chi connectivity index (χ1) is 14.6. The topological polar surface area (TPSA) is 73.2 Å². The van der Waals surface area contributed by atoms with Gasteiger partial charge in [-0.3, -0.25) is 0 Å². The van der Waals surface area contributed by atoms with Crippen LogP contribution in [0.4, 0.5) is 13.2 Å². The monoisotopic (exact) mass is 455 g/mol. The number of phenolic OH excluding ortho intramolecular Hbond substituents is 2. The third-order valence-corrected chi connectivity index (χ3v) is 6.34. The van der Waals surface area contributed by atoms with E-state index in [0.717, 1.165) is 12.1 Å². The number of halogens is 4. The van der Waals surface area contributed by atoms with Crippen LogP contribution in [0.2, 0.25) is 5.02 Å². The summed E-state index contributed by atoms with van der Waals surface area (Å²) in [6.45, 7) is 0.579. The number of rotatable bonds is 3. The van der Waals surface area contributed by atoms with Crippen LogP contribution in [0.3, 0.4) is 0 Å². The predicted molar refractivity (Wildman–Crippen MR) is 109 cm³/mol. The number of phenols is 2. The Morgan fingerprint density at radius 1 is 1.19 bits per heavy atom. The van der Waals surface area contributed by atoms with Crippen molar-refractivity contribution in [3.05, 3.63) is 57.6 Å². The molecule has 2 aliphatic rings. The molecular formula is C22H21ClF3NO4. The normalized spacial score (nSPS) is 23.6. The second-order valence-electron chi connectivity index (χ2n) is 7.83. The fourth-order valence-corrected chi connectivity index (χ4v) is 4.66. The molecular weight excluding hydrogens is 435 g/mol. The number of alkyl halides is 3. The van der Waals surface area contributed by atoms with Gasteiger partial charge in [-0.05, 0) is 44.3 Å². The first-order valence-electron chi connectivity index (χ1n) is 9.73. The SMILES string of the molecule is CN1CCC(c2c(O)cc(O)c3c2OC(c2ccc(C(F)(F)F)cc2Cl)C=C3)C1CO. The first-order valence-corrected chi connectivity index (χ1v) is 10.1. The zero-order valence-corrected chi connectivity index (χ0v) is 17.3. The number of aliphatic hydroxyl groups excluding tert-OH is 1. The van der Waals surface area contributed by atoms with Crippen molar-refractivity contribution in [3.63, 3.8) is 0 Å². The minimum absolute atomic E-state index is 0.104. The Morgan fingerprint density at radius 2 is 1.94 bits per heavy atom. The molecule has 166 valence electrons. The average molecular weight is 456 g/mol.